The Morgan fingerprint density at radius 1 is 1.45 bits per heavy atom. The molecule has 1 atom stereocenters. The molecule has 0 amide bonds. The van der Waals surface area contributed by atoms with Gasteiger partial charge in [-0.15, -0.1) is 0 Å². The number of carbonyl (C=O) groups is 1. The lowest BCUT2D eigenvalue weighted by Gasteiger charge is -2.10. The van der Waals surface area contributed by atoms with Crippen LogP contribution in [0.4, 0.5) is 0 Å². The van der Waals surface area contributed by atoms with Crippen LogP contribution in [0.3, 0.4) is 0 Å². The Kier molecular flexibility index (Phi) is 4.86. The fourth-order valence-corrected chi connectivity index (χ4v) is 0.952. The van der Waals surface area contributed by atoms with Crippen molar-refractivity contribution in [1.82, 2.24) is 0 Å². The zero-order valence-corrected chi connectivity index (χ0v) is 7.08. The molecule has 0 rings (SSSR count). The van der Waals surface area contributed by atoms with Gasteiger partial charge in [0.25, 0.3) is 0 Å². The highest BCUT2D eigenvalue weighted by atomic mass is 16.4. The monoisotopic (exact) mass is 160 g/mol. The van der Waals surface area contributed by atoms with Crippen LogP contribution in [-0.4, -0.2) is 22.3 Å². The van der Waals surface area contributed by atoms with Gasteiger partial charge >= 0.3 is 5.97 Å². The highest BCUT2D eigenvalue weighted by molar-refractivity contribution is 5.66. The van der Waals surface area contributed by atoms with E-state index in [1.165, 1.54) is 0 Å². The molecule has 0 saturated carbocycles. The van der Waals surface area contributed by atoms with Crippen LogP contribution in [0.5, 0.6) is 0 Å². The topological polar surface area (TPSA) is 57.5 Å². The van der Waals surface area contributed by atoms with Crippen molar-refractivity contribution in [2.45, 2.75) is 39.2 Å². The van der Waals surface area contributed by atoms with Crippen LogP contribution in [0.15, 0.2) is 0 Å². The van der Waals surface area contributed by atoms with Crippen LogP contribution in [-0.2, 0) is 4.79 Å². The molecular formula is C8H16O3. The lowest BCUT2D eigenvalue weighted by molar-refractivity contribution is -0.137. The first-order valence-electron chi connectivity index (χ1n) is 3.92. The molecule has 0 spiro atoms. The zero-order valence-electron chi connectivity index (χ0n) is 7.08. The third kappa shape index (κ3) is 7.33. The third-order valence-electron chi connectivity index (χ3n) is 1.43. The summed E-state index contributed by atoms with van der Waals surface area (Å²) < 4.78 is 0. The van der Waals surface area contributed by atoms with E-state index < -0.39 is 12.1 Å². The van der Waals surface area contributed by atoms with Gasteiger partial charge < -0.3 is 10.2 Å². The Morgan fingerprint density at radius 2 is 2.00 bits per heavy atom. The second kappa shape index (κ2) is 5.13. The summed E-state index contributed by atoms with van der Waals surface area (Å²) in [6, 6.07) is 0. The van der Waals surface area contributed by atoms with E-state index >= 15 is 0 Å². The molecule has 0 aromatic heterocycles. The molecule has 0 heterocycles. The lowest BCUT2D eigenvalue weighted by Crippen LogP contribution is -2.11. The number of hydrogen-bond acceptors (Lipinski definition) is 2. The number of carboxylic acids is 1. The summed E-state index contributed by atoms with van der Waals surface area (Å²) in [5.74, 6) is -0.411. The number of aliphatic carboxylic acids is 1. The number of hydrogen-bond donors (Lipinski definition) is 2. The van der Waals surface area contributed by atoms with Gasteiger partial charge in [0.05, 0.1) is 6.10 Å². The number of aliphatic hydroxyl groups excluding tert-OH is 1. The number of aliphatic hydroxyl groups is 1. The van der Waals surface area contributed by atoms with Gasteiger partial charge in [-0.1, -0.05) is 13.8 Å². The first kappa shape index (κ1) is 10.4. The largest absolute Gasteiger partial charge is 0.481 e. The van der Waals surface area contributed by atoms with E-state index in [0.29, 0.717) is 18.8 Å². The SMILES string of the molecule is CC(C)C[C@H](O)CCC(=O)O. The maximum absolute atomic E-state index is 10.1. The van der Waals surface area contributed by atoms with Crippen LogP contribution in [0.2, 0.25) is 0 Å². The van der Waals surface area contributed by atoms with E-state index in [9.17, 15) is 9.90 Å². The summed E-state index contributed by atoms with van der Waals surface area (Å²) in [5, 5.41) is 17.5. The average molecular weight is 160 g/mol. The smallest absolute Gasteiger partial charge is 0.303 e. The maximum Gasteiger partial charge on any atom is 0.303 e. The fourth-order valence-electron chi connectivity index (χ4n) is 0.952. The second-order valence-corrected chi connectivity index (χ2v) is 3.22. The Balaban J connectivity index is 3.37. The zero-order chi connectivity index (χ0) is 8.85. The van der Waals surface area contributed by atoms with E-state index in [0.717, 1.165) is 0 Å². The molecule has 3 heteroatoms. The van der Waals surface area contributed by atoms with E-state index in [2.05, 4.69) is 0 Å². The van der Waals surface area contributed by atoms with Crippen molar-refractivity contribution in [3.63, 3.8) is 0 Å². The second-order valence-electron chi connectivity index (χ2n) is 3.22. The predicted molar refractivity (Wildman–Crippen MR) is 42.3 cm³/mol. The summed E-state index contributed by atoms with van der Waals surface area (Å²) in [5.41, 5.74) is 0. The van der Waals surface area contributed by atoms with Gasteiger partial charge in [-0.25, -0.2) is 0 Å². The minimum Gasteiger partial charge on any atom is -0.481 e. The molecule has 0 saturated heterocycles. The molecular weight excluding hydrogens is 144 g/mol. The molecule has 0 unspecified atom stereocenters. The Labute approximate surface area is 67.0 Å². The van der Waals surface area contributed by atoms with Gasteiger partial charge in [-0.05, 0) is 18.8 Å². The van der Waals surface area contributed by atoms with Crippen LogP contribution < -0.4 is 0 Å². The summed E-state index contributed by atoms with van der Waals surface area (Å²) in [7, 11) is 0. The van der Waals surface area contributed by atoms with Crippen molar-refractivity contribution < 1.29 is 15.0 Å². The molecule has 66 valence electrons. The molecule has 0 fully saturated rings. The summed E-state index contributed by atoms with van der Waals surface area (Å²) >= 11 is 0. The van der Waals surface area contributed by atoms with E-state index in [-0.39, 0.29) is 6.42 Å². The summed E-state index contributed by atoms with van der Waals surface area (Å²) in [6.07, 6.45) is 0.667. The van der Waals surface area contributed by atoms with Crippen LogP contribution >= 0.6 is 0 Å². The first-order valence-corrected chi connectivity index (χ1v) is 3.92. The lowest BCUT2D eigenvalue weighted by atomic mass is 10.0. The van der Waals surface area contributed by atoms with E-state index in [1.807, 2.05) is 13.8 Å². The predicted octanol–water partition coefficient (Wildman–Crippen LogP) is 1.26. The quantitative estimate of drug-likeness (QED) is 0.636. The number of carboxylic acid groups (broad SMARTS) is 1. The van der Waals surface area contributed by atoms with Crippen molar-refractivity contribution >= 4 is 5.97 Å². The normalized spacial score (nSPS) is 13.5. The minimum atomic E-state index is -0.840. The van der Waals surface area contributed by atoms with Crippen molar-refractivity contribution in [2.75, 3.05) is 0 Å². The molecule has 0 aromatic carbocycles. The van der Waals surface area contributed by atoms with Gasteiger partial charge in [0, 0.05) is 6.42 Å². The van der Waals surface area contributed by atoms with Crippen molar-refractivity contribution in [3.8, 4) is 0 Å². The highest BCUT2D eigenvalue weighted by Crippen LogP contribution is 2.08. The van der Waals surface area contributed by atoms with Gasteiger partial charge in [-0.2, -0.15) is 0 Å². The van der Waals surface area contributed by atoms with E-state index in [4.69, 9.17) is 5.11 Å². The molecule has 0 aliphatic heterocycles. The molecule has 11 heavy (non-hydrogen) atoms. The molecule has 0 aliphatic rings. The first-order chi connectivity index (χ1) is 5.02. The van der Waals surface area contributed by atoms with Crippen molar-refractivity contribution in [2.24, 2.45) is 5.92 Å². The van der Waals surface area contributed by atoms with Crippen LogP contribution in [0.1, 0.15) is 33.1 Å². The Bertz CT molecular complexity index is 121. The molecule has 0 aromatic rings. The summed E-state index contributed by atoms with van der Waals surface area (Å²) in [4.78, 5) is 10.1. The van der Waals surface area contributed by atoms with E-state index in [1.54, 1.807) is 0 Å². The maximum atomic E-state index is 10.1. The Morgan fingerprint density at radius 3 is 2.36 bits per heavy atom. The van der Waals surface area contributed by atoms with Crippen LogP contribution in [0, 0.1) is 5.92 Å². The number of rotatable bonds is 5. The minimum absolute atomic E-state index is 0.0634. The van der Waals surface area contributed by atoms with Gasteiger partial charge in [-0.3, -0.25) is 4.79 Å². The van der Waals surface area contributed by atoms with Crippen molar-refractivity contribution in [1.29, 1.82) is 0 Å². The molecule has 2 N–H and O–H groups in total. The Hall–Kier alpha value is -0.570. The molecule has 0 aliphatic carbocycles. The molecule has 0 bridgehead atoms. The molecule has 0 radical (unpaired) electrons. The molecule has 3 nitrogen and oxygen atoms in total. The highest BCUT2D eigenvalue weighted by Gasteiger charge is 2.08. The third-order valence-corrected chi connectivity index (χ3v) is 1.43. The van der Waals surface area contributed by atoms with Crippen LogP contribution in [0.25, 0.3) is 0 Å². The summed E-state index contributed by atoms with van der Waals surface area (Å²) in [6.45, 7) is 4.01. The van der Waals surface area contributed by atoms with Gasteiger partial charge in [0.15, 0.2) is 0 Å². The van der Waals surface area contributed by atoms with Crippen molar-refractivity contribution in [3.05, 3.63) is 0 Å². The average Bonchev–Trinajstić information content (AvgIpc) is 1.82. The standard InChI is InChI=1S/C8H16O3/c1-6(2)5-7(9)3-4-8(10)11/h6-7,9H,3-5H2,1-2H3,(H,10,11)/t7-/m1/s1. The van der Waals surface area contributed by atoms with Gasteiger partial charge in [0.2, 0.25) is 0 Å². The van der Waals surface area contributed by atoms with Gasteiger partial charge in [0.1, 0.15) is 0 Å². The fraction of sp³-hybridized carbons (Fsp3) is 0.875.